The molecule has 52 valence electrons. The predicted molar refractivity (Wildman–Crippen MR) is 42.8 cm³/mol. The number of hydrogen-bond acceptors (Lipinski definition) is 3. The molecule has 0 aromatic heterocycles. The van der Waals surface area contributed by atoms with Crippen molar-refractivity contribution in [2.24, 2.45) is 10.7 Å². The summed E-state index contributed by atoms with van der Waals surface area (Å²) < 4.78 is 0. The summed E-state index contributed by atoms with van der Waals surface area (Å²) in [5.41, 5.74) is 5.47. The maximum absolute atomic E-state index is 5.47. The fraction of sp³-hybridized carbons (Fsp3) is 0.833. The average Bonchev–Trinajstić information content (AvgIpc) is 2.17. The number of nitrogens with zero attached hydrogens (tertiary/aromatic N) is 1. The van der Waals surface area contributed by atoms with Gasteiger partial charge in [0.25, 0.3) is 0 Å². The van der Waals surface area contributed by atoms with Gasteiger partial charge in [-0.25, -0.2) is 0 Å². The third kappa shape index (κ3) is 1.90. The number of nitrogens with two attached hydrogens (primary N) is 1. The van der Waals surface area contributed by atoms with Crippen molar-refractivity contribution in [3.05, 3.63) is 0 Å². The Balaban J connectivity index is 2.29. The van der Waals surface area contributed by atoms with Gasteiger partial charge in [0.1, 0.15) is 0 Å². The van der Waals surface area contributed by atoms with Gasteiger partial charge in [-0.15, -0.1) is 0 Å². The van der Waals surface area contributed by atoms with Crippen LogP contribution >= 0.6 is 11.8 Å². The highest BCUT2D eigenvalue weighted by molar-refractivity contribution is 8.14. The van der Waals surface area contributed by atoms with E-state index in [-0.39, 0.29) is 0 Å². The van der Waals surface area contributed by atoms with Crippen LogP contribution in [0.4, 0.5) is 0 Å². The van der Waals surface area contributed by atoms with Gasteiger partial charge in [0, 0.05) is 5.75 Å². The normalized spacial score (nSPS) is 26.3. The van der Waals surface area contributed by atoms with Crippen LogP contribution in [0.15, 0.2) is 4.99 Å². The van der Waals surface area contributed by atoms with Crippen LogP contribution in [-0.4, -0.2) is 17.0 Å². The van der Waals surface area contributed by atoms with Crippen LogP contribution < -0.4 is 5.73 Å². The van der Waals surface area contributed by atoms with E-state index < -0.39 is 0 Å². The molecule has 2 nitrogen and oxygen atoms in total. The molecule has 1 aliphatic heterocycles. The molecule has 0 aromatic carbocycles. The minimum Gasteiger partial charge on any atom is -0.379 e. The van der Waals surface area contributed by atoms with E-state index in [2.05, 4.69) is 11.9 Å². The van der Waals surface area contributed by atoms with Gasteiger partial charge in [0.05, 0.1) is 6.04 Å². The van der Waals surface area contributed by atoms with Crippen LogP contribution in [0, 0.1) is 0 Å². The van der Waals surface area contributed by atoms with Gasteiger partial charge >= 0.3 is 0 Å². The molecular weight excluding hydrogens is 132 g/mol. The summed E-state index contributed by atoms with van der Waals surface area (Å²) in [5, 5.41) is 0.772. The van der Waals surface area contributed by atoms with Gasteiger partial charge in [-0.05, 0) is 6.42 Å². The first-order valence-electron chi connectivity index (χ1n) is 3.29. The third-order valence-electron chi connectivity index (χ3n) is 1.36. The second-order valence-electron chi connectivity index (χ2n) is 2.22. The standard InChI is InChI=1S/C6H12N2S/c1-2-3-5-4-9-6(7)8-5/h5H,2-4H2,1H3,(H2,7,8). The molecule has 1 heterocycles. The monoisotopic (exact) mass is 144 g/mol. The molecule has 0 spiro atoms. The van der Waals surface area contributed by atoms with Crippen molar-refractivity contribution in [1.29, 1.82) is 0 Å². The number of hydrogen-bond donors (Lipinski definition) is 1. The smallest absolute Gasteiger partial charge is 0.154 e. The van der Waals surface area contributed by atoms with Gasteiger partial charge in [-0.3, -0.25) is 4.99 Å². The molecule has 0 saturated heterocycles. The summed E-state index contributed by atoms with van der Waals surface area (Å²) in [5.74, 6) is 1.10. The van der Waals surface area contributed by atoms with Crippen LogP contribution in [0.2, 0.25) is 0 Å². The average molecular weight is 144 g/mol. The minimum atomic E-state index is 0.514. The quantitative estimate of drug-likeness (QED) is 0.632. The predicted octanol–water partition coefficient (Wildman–Crippen LogP) is 1.22. The highest BCUT2D eigenvalue weighted by atomic mass is 32.2. The van der Waals surface area contributed by atoms with Crippen LogP contribution in [0.5, 0.6) is 0 Å². The Labute approximate surface area is 59.9 Å². The fourth-order valence-corrected chi connectivity index (χ4v) is 1.75. The maximum atomic E-state index is 5.47. The Morgan fingerprint density at radius 3 is 3.11 bits per heavy atom. The van der Waals surface area contributed by atoms with Crippen molar-refractivity contribution in [2.45, 2.75) is 25.8 Å². The largest absolute Gasteiger partial charge is 0.379 e. The molecule has 0 fully saturated rings. The molecule has 0 saturated carbocycles. The highest BCUT2D eigenvalue weighted by Crippen LogP contribution is 2.17. The van der Waals surface area contributed by atoms with Gasteiger partial charge in [0.15, 0.2) is 5.17 Å². The van der Waals surface area contributed by atoms with Crippen molar-refractivity contribution < 1.29 is 0 Å². The summed E-state index contributed by atoms with van der Waals surface area (Å²) in [6, 6.07) is 0.514. The molecule has 1 aliphatic rings. The zero-order valence-corrected chi connectivity index (χ0v) is 6.45. The Hall–Kier alpha value is -0.180. The van der Waals surface area contributed by atoms with Gasteiger partial charge in [-0.1, -0.05) is 25.1 Å². The Morgan fingerprint density at radius 1 is 1.89 bits per heavy atom. The van der Waals surface area contributed by atoms with E-state index in [4.69, 9.17) is 5.73 Å². The lowest BCUT2D eigenvalue weighted by Crippen LogP contribution is -2.03. The first kappa shape index (κ1) is 6.93. The number of rotatable bonds is 2. The molecule has 1 unspecified atom stereocenters. The molecule has 1 atom stereocenters. The van der Waals surface area contributed by atoms with E-state index in [1.165, 1.54) is 12.8 Å². The van der Waals surface area contributed by atoms with E-state index >= 15 is 0 Å². The van der Waals surface area contributed by atoms with Gasteiger partial charge in [-0.2, -0.15) is 0 Å². The molecule has 0 bridgehead atoms. The van der Waals surface area contributed by atoms with E-state index in [1.54, 1.807) is 11.8 Å². The summed E-state index contributed by atoms with van der Waals surface area (Å²) >= 11 is 1.67. The fourth-order valence-electron chi connectivity index (χ4n) is 0.917. The molecule has 2 N–H and O–H groups in total. The van der Waals surface area contributed by atoms with Crippen molar-refractivity contribution in [2.75, 3.05) is 5.75 Å². The van der Waals surface area contributed by atoms with Crippen LogP contribution in [0.1, 0.15) is 19.8 Å². The van der Waals surface area contributed by atoms with E-state index in [1.807, 2.05) is 0 Å². The lowest BCUT2D eigenvalue weighted by atomic mass is 10.2. The van der Waals surface area contributed by atoms with Crippen LogP contribution in [-0.2, 0) is 0 Å². The number of thioether (sulfide) groups is 1. The maximum Gasteiger partial charge on any atom is 0.154 e. The first-order chi connectivity index (χ1) is 4.33. The highest BCUT2D eigenvalue weighted by Gasteiger charge is 2.13. The lowest BCUT2D eigenvalue weighted by Gasteiger charge is -1.99. The topological polar surface area (TPSA) is 38.4 Å². The zero-order chi connectivity index (χ0) is 6.69. The molecule has 0 radical (unpaired) electrons. The van der Waals surface area contributed by atoms with E-state index in [9.17, 15) is 0 Å². The second kappa shape index (κ2) is 3.11. The van der Waals surface area contributed by atoms with Crippen molar-refractivity contribution in [3.8, 4) is 0 Å². The Morgan fingerprint density at radius 2 is 2.67 bits per heavy atom. The van der Waals surface area contributed by atoms with Crippen LogP contribution in [0.3, 0.4) is 0 Å². The van der Waals surface area contributed by atoms with Crippen LogP contribution in [0.25, 0.3) is 0 Å². The van der Waals surface area contributed by atoms with Crippen molar-refractivity contribution in [3.63, 3.8) is 0 Å². The minimum absolute atomic E-state index is 0.514. The molecule has 1 rings (SSSR count). The molecule has 9 heavy (non-hydrogen) atoms. The van der Waals surface area contributed by atoms with E-state index in [0.29, 0.717) is 6.04 Å². The van der Waals surface area contributed by atoms with Gasteiger partial charge < -0.3 is 5.73 Å². The summed E-state index contributed by atoms with van der Waals surface area (Å²) in [6.07, 6.45) is 2.40. The SMILES string of the molecule is CCCC1CSC(N)=N1. The lowest BCUT2D eigenvalue weighted by molar-refractivity contribution is 0.670. The number of amidine groups is 1. The molecule has 0 aromatic rings. The molecule has 3 heteroatoms. The molecule has 0 amide bonds. The summed E-state index contributed by atoms with van der Waals surface area (Å²) in [6.45, 7) is 2.18. The first-order valence-corrected chi connectivity index (χ1v) is 4.27. The third-order valence-corrected chi connectivity index (χ3v) is 2.31. The molecular formula is C6H12N2S. The summed E-state index contributed by atoms with van der Waals surface area (Å²) in [4.78, 5) is 4.24. The second-order valence-corrected chi connectivity index (χ2v) is 3.26. The van der Waals surface area contributed by atoms with E-state index in [0.717, 1.165) is 10.9 Å². The number of aliphatic imine (C=N–C) groups is 1. The summed E-state index contributed by atoms with van der Waals surface area (Å²) in [7, 11) is 0. The van der Waals surface area contributed by atoms with Crippen molar-refractivity contribution >= 4 is 16.9 Å². The molecule has 0 aliphatic carbocycles. The Kier molecular flexibility index (Phi) is 2.39. The van der Waals surface area contributed by atoms with Crippen molar-refractivity contribution in [1.82, 2.24) is 0 Å². The van der Waals surface area contributed by atoms with Gasteiger partial charge in [0.2, 0.25) is 0 Å². The zero-order valence-electron chi connectivity index (χ0n) is 5.63. The Bertz CT molecular complexity index is 122.